The highest BCUT2D eigenvalue weighted by molar-refractivity contribution is 5.92. The molecule has 1 fully saturated rings. The second-order valence-electron chi connectivity index (χ2n) is 7.83. The number of amides is 1. The molecule has 4 rings (SSSR count). The summed E-state index contributed by atoms with van der Waals surface area (Å²) in [5.74, 6) is 0.941. The number of hydrogen-bond donors (Lipinski definition) is 0. The van der Waals surface area contributed by atoms with Gasteiger partial charge in [0.15, 0.2) is 0 Å². The van der Waals surface area contributed by atoms with Crippen molar-refractivity contribution in [3.63, 3.8) is 0 Å². The molecule has 0 N–H and O–H groups in total. The number of rotatable bonds is 2. The Hall–Kier alpha value is -2.34. The van der Waals surface area contributed by atoms with Crippen LogP contribution in [0.1, 0.15) is 41.4 Å². The Bertz CT molecular complexity index is 836. The van der Waals surface area contributed by atoms with Crippen molar-refractivity contribution in [2.75, 3.05) is 26.2 Å². The van der Waals surface area contributed by atoms with Crippen LogP contribution < -0.4 is 4.74 Å². The monoisotopic (exact) mass is 368 g/mol. The number of piperidine rings is 1. The second-order valence-corrected chi connectivity index (χ2v) is 7.83. The van der Waals surface area contributed by atoms with Crippen molar-refractivity contribution in [2.45, 2.75) is 38.8 Å². The van der Waals surface area contributed by atoms with Crippen molar-refractivity contribution in [3.05, 3.63) is 47.3 Å². The minimum absolute atomic E-state index is 0.0188. The van der Waals surface area contributed by atoms with E-state index >= 15 is 0 Å². The zero-order valence-electron chi connectivity index (χ0n) is 16.4. The van der Waals surface area contributed by atoms with Crippen LogP contribution in [0, 0.1) is 6.92 Å². The molecule has 2 aliphatic heterocycles. The molecule has 2 aromatic rings. The largest absolute Gasteiger partial charge is 0.485 e. The highest BCUT2D eigenvalue weighted by Gasteiger charge is 2.42. The van der Waals surface area contributed by atoms with E-state index in [-0.39, 0.29) is 11.5 Å². The third-order valence-corrected chi connectivity index (χ3v) is 5.92. The lowest BCUT2D eigenvalue weighted by molar-refractivity contribution is -0.0144. The van der Waals surface area contributed by atoms with Crippen molar-refractivity contribution in [2.24, 2.45) is 7.05 Å². The molecule has 1 spiro atoms. The van der Waals surface area contributed by atoms with E-state index in [1.54, 1.807) is 16.9 Å². The number of hydrogen-bond acceptors (Lipinski definition) is 4. The fourth-order valence-electron chi connectivity index (χ4n) is 4.23. The van der Waals surface area contributed by atoms with E-state index in [9.17, 15) is 4.79 Å². The normalized spacial score (nSPS) is 19.4. The first-order valence-corrected chi connectivity index (χ1v) is 9.78. The van der Waals surface area contributed by atoms with E-state index in [2.05, 4.69) is 42.0 Å². The van der Waals surface area contributed by atoms with Crippen molar-refractivity contribution in [3.8, 4) is 5.75 Å². The first-order chi connectivity index (χ1) is 13.0. The number of carbonyl (C=O) groups excluding carboxylic acids is 1. The molecule has 0 radical (unpaired) electrons. The first kappa shape index (κ1) is 18.0. The number of aryl methyl sites for hydroxylation is 2. The van der Waals surface area contributed by atoms with E-state index in [1.807, 2.05) is 11.9 Å². The summed E-state index contributed by atoms with van der Waals surface area (Å²) in [7, 11) is 1.81. The summed E-state index contributed by atoms with van der Waals surface area (Å²) in [6.45, 7) is 8.53. The number of fused-ring (bicyclic) bond motifs is 1. The van der Waals surface area contributed by atoms with Gasteiger partial charge in [-0.25, -0.2) is 0 Å². The number of aromatic nitrogens is 2. The van der Waals surface area contributed by atoms with Crippen molar-refractivity contribution < 1.29 is 9.53 Å². The topological polar surface area (TPSA) is 50.6 Å². The van der Waals surface area contributed by atoms with Crippen LogP contribution in [0.2, 0.25) is 0 Å². The molecule has 144 valence electrons. The Kier molecular flexibility index (Phi) is 4.68. The molecule has 0 unspecified atom stereocenters. The molecule has 6 heteroatoms. The van der Waals surface area contributed by atoms with Gasteiger partial charge in [0.2, 0.25) is 0 Å². The number of carbonyl (C=O) groups is 1. The fraction of sp³-hybridized carbons (Fsp3) is 0.524. The van der Waals surface area contributed by atoms with Gasteiger partial charge in [-0.3, -0.25) is 9.48 Å². The molecule has 1 saturated heterocycles. The maximum Gasteiger partial charge on any atom is 0.272 e. The summed E-state index contributed by atoms with van der Waals surface area (Å²) in [5, 5.41) is 4.17. The molecule has 1 aromatic carbocycles. The van der Waals surface area contributed by atoms with E-state index in [4.69, 9.17) is 4.74 Å². The molecule has 6 nitrogen and oxygen atoms in total. The van der Waals surface area contributed by atoms with Crippen LogP contribution >= 0.6 is 0 Å². The number of ether oxygens (including phenoxy) is 1. The van der Waals surface area contributed by atoms with Crippen LogP contribution in [-0.4, -0.2) is 57.3 Å². The van der Waals surface area contributed by atoms with Crippen LogP contribution in [-0.2, 0) is 13.6 Å². The van der Waals surface area contributed by atoms with Gasteiger partial charge in [0, 0.05) is 51.3 Å². The number of benzene rings is 1. The maximum atomic E-state index is 13.3. The van der Waals surface area contributed by atoms with E-state index in [0.717, 1.165) is 43.8 Å². The van der Waals surface area contributed by atoms with Gasteiger partial charge in [-0.05, 0) is 25.6 Å². The number of likely N-dealkylation sites (tertiary alicyclic amines) is 1. The van der Waals surface area contributed by atoms with E-state index < -0.39 is 0 Å². The quantitative estimate of drug-likeness (QED) is 0.818. The summed E-state index contributed by atoms with van der Waals surface area (Å²) >= 11 is 0. The van der Waals surface area contributed by atoms with Crippen molar-refractivity contribution in [1.82, 2.24) is 19.6 Å². The molecule has 0 aliphatic carbocycles. The Labute approximate surface area is 160 Å². The van der Waals surface area contributed by atoms with E-state index in [0.29, 0.717) is 18.8 Å². The molecule has 1 amide bonds. The lowest BCUT2D eigenvalue weighted by Crippen LogP contribution is -2.54. The third kappa shape index (κ3) is 3.46. The summed E-state index contributed by atoms with van der Waals surface area (Å²) in [5.41, 5.74) is 2.56. The molecule has 0 saturated carbocycles. The van der Waals surface area contributed by atoms with Gasteiger partial charge in [-0.2, -0.15) is 5.10 Å². The Balaban J connectivity index is 1.69. The Morgan fingerprint density at radius 2 is 2.04 bits per heavy atom. The van der Waals surface area contributed by atoms with Gasteiger partial charge < -0.3 is 14.5 Å². The molecule has 1 aromatic heterocycles. The zero-order valence-corrected chi connectivity index (χ0v) is 16.4. The second kappa shape index (κ2) is 7.00. The van der Waals surface area contributed by atoms with Crippen LogP contribution in [0.4, 0.5) is 0 Å². The highest BCUT2D eigenvalue weighted by Crippen LogP contribution is 2.36. The van der Waals surface area contributed by atoms with Crippen molar-refractivity contribution in [1.29, 1.82) is 0 Å². The van der Waals surface area contributed by atoms with Gasteiger partial charge in [-0.15, -0.1) is 0 Å². The summed E-state index contributed by atoms with van der Waals surface area (Å²) in [6, 6.07) is 8.08. The average molecular weight is 368 g/mol. The lowest BCUT2D eigenvalue weighted by Gasteiger charge is -2.42. The molecular formula is C21H28N4O2. The summed E-state index contributed by atoms with van der Waals surface area (Å²) in [6.07, 6.45) is 3.54. The average Bonchev–Trinajstić information content (AvgIpc) is 3.02. The highest BCUT2D eigenvalue weighted by atomic mass is 16.5. The van der Waals surface area contributed by atoms with E-state index in [1.165, 1.54) is 5.56 Å². The van der Waals surface area contributed by atoms with Crippen molar-refractivity contribution >= 4 is 5.91 Å². The molecule has 0 bridgehead atoms. The summed E-state index contributed by atoms with van der Waals surface area (Å²) < 4.78 is 8.27. The maximum absolute atomic E-state index is 13.3. The zero-order chi connectivity index (χ0) is 19.0. The van der Waals surface area contributed by atoms with Crippen LogP contribution in [0.25, 0.3) is 0 Å². The minimum atomic E-state index is -0.319. The molecule has 3 heterocycles. The Morgan fingerprint density at radius 3 is 2.70 bits per heavy atom. The first-order valence-electron chi connectivity index (χ1n) is 9.78. The predicted molar refractivity (Wildman–Crippen MR) is 104 cm³/mol. The summed E-state index contributed by atoms with van der Waals surface area (Å²) in [4.78, 5) is 17.7. The molecule has 0 atom stereocenters. The number of nitrogens with zero attached hydrogens (tertiary/aromatic N) is 4. The van der Waals surface area contributed by atoms with Gasteiger partial charge in [-0.1, -0.05) is 24.6 Å². The SMILES string of the molecule is CCN1CCC2(CC1)CN(C(=O)c1ccnn1C)Cc1cc(C)ccc1O2. The standard InChI is InChI=1S/C21H28N4O2/c1-4-24-11-8-21(9-12-24)15-25(20(26)18-7-10-22-23(18)3)14-17-13-16(2)5-6-19(17)27-21/h5-7,10,13H,4,8-9,11-12,14-15H2,1-3H3. The van der Waals surface area contributed by atoms with Gasteiger partial charge in [0.05, 0.1) is 6.54 Å². The molecule has 2 aliphatic rings. The smallest absolute Gasteiger partial charge is 0.272 e. The molecule has 27 heavy (non-hydrogen) atoms. The van der Waals surface area contributed by atoms with Gasteiger partial charge in [0.25, 0.3) is 5.91 Å². The Morgan fingerprint density at radius 1 is 1.26 bits per heavy atom. The van der Waals surface area contributed by atoms with Gasteiger partial charge in [0.1, 0.15) is 17.0 Å². The molecular weight excluding hydrogens is 340 g/mol. The third-order valence-electron chi connectivity index (χ3n) is 5.92. The minimum Gasteiger partial charge on any atom is -0.485 e. The lowest BCUT2D eigenvalue weighted by atomic mass is 9.90. The van der Waals surface area contributed by atoms with Crippen LogP contribution in [0.15, 0.2) is 30.5 Å². The van der Waals surface area contributed by atoms with Gasteiger partial charge >= 0.3 is 0 Å². The predicted octanol–water partition coefficient (Wildman–Crippen LogP) is 2.62. The van der Waals surface area contributed by atoms with Crippen LogP contribution in [0.3, 0.4) is 0 Å². The van der Waals surface area contributed by atoms with Crippen LogP contribution in [0.5, 0.6) is 5.75 Å². The fourth-order valence-corrected chi connectivity index (χ4v) is 4.23.